The van der Waals surface area contributed by atoms with Crippen molar-refractivity contribution in [2.75, 3.05) is 13.7 Å². The van der Waals surface area contributed by atoms with Crippen LogP contribution < -0.4 is 9.47 Å². The third-order valence-electron chi connectivity index (χ3n) is 4.07. The number of ether oxygens (including phenoxy) is 2. The van der Waals surface area contributed by atoms with Crippen LogP contribution in [-0.2, 0) is 11.3 Å². The van der Waals surface area contributed by atoms with E-state index < -0.39 is 17.0 Å². The summed E-state index contributed by atoms with van der Waals surface area (Å²) in [5.74, 6) is 2.42. The Morgan fingerprint density at radius 1 is 1.33 bits per heavy atom. The smallest absolute Gasteiger partial charge is 0.293 e. The summed E-state index contributed by atoms with van der Waals surface area (Å²) in [6, 6.07) is 7.31. The average molecular weight is 558 g/mol. The molecule has 1 aliphatic rings. The molecule has 0 saturated carbocycles. The predicted molar refractivity (Wildman–Crippen MR) is 123 cm³/mol. The van der Waals surface area contributed by atoms with Crippen LogP contribution in [0.15, 0.2) is 35.2 Å². The number of carbonyl (C=O) groups excluding carboxylic acids is 2. The number of hydrogen-bond donors (Lipinski definition) is 0. The van der Waals surface area contributed by atoms with Crippen molar-refractivity contribution in [2.45, 2.75) is 6.54 Å². The summed E-state index contributed by atoms with van der Waals surface area (Å²) >= 11 is 8.92. The molecule has 3 rings (SSSR count). The Labute approximate surface area is 195 Å². The Balaban J connectivity index is 1.86. The number of carbonyl (C=O) groups is 2. The lowest BCUT2D eigenvalue weighted by molar-refractivity contribution is -0.123. The van der Waals surface area contributed by atoms with Crippen molar-refractivity contribution in [3.05, 3.63) is 60.8 Å². The molecular weight excluding hydrogens is 544 g/mol. The third kappa shape index (κ3) is 4.91. The fourth-order valence-electron chi connectivity index (χ4n) is 2.68. The first-order valence-corrected chi connectivity index (χ1v) is 10.7. The quantitative estimate of drug-likeness (QED) is 0.273. The van der Waals surface area contributed by atoms with Gasteiger partial charge in [0.1, 0.15) is 12.4 Å². The summed E-state index contributed by atoms with van der Waals surface area (Å²) < 4.78 is 24.8. The molecule has 0 N–H and O–H groups in total. The molecule has 2 amide bonds. The summed E-state index contributed by atoms with van der Waals surface area (Å²) in [6.45, 7) is 0.0530. The lowest BCUT2D eigenvalue weighted by Crippen LogP contribution is -2.27. The standard InChI is InChI=1S/C21H14ClFINO4S/c1-3-6-29-19-16(24)7-12(8-17(19)28-2)9-18-20(26)25(21(27)30-18)11-13-4-5-14(23)10-15(13)22/h1,4-5,7-10H,6,11H2,2H3/b18-9-. The number of halogens is 3. The Hall–Kier alpha value is -2.22. The molecular formula is C21H14ClFINO4S. The second-order valence-electron chi connectivity index (χ2n) is 6.03. The van der Waals surface area contributed by atoms with Gasteiger partial charge in [0.05, 0.1) is 22.1 Å². The molecule has 2 aromatic rings. The van der Waals surface area contributed by atoms with E-state index in [1.54, 1.807) is 18.2 Å². The van der Waals surface area contributed by atoms with Crippen LogP contribution in [0.2, 0.25) is 5.02 Å². The first-order chi connectivity index (χ1) is 14.3. The first kappa shape index (κ1) is 22.5. The molecule has 1 heterocycles. The van der Waals surface area contributed by atoms with Crippen molar-refractivity contribution < 1.29 is 23.5 Å². The summed E-state index contributed by atoms with van der Waals surface area (Å²) in [4.78, 5) is 26.5. The van der Waals surface area contributed by atoms with E-state index in [2.05, 4.69) is 28.5 Å². The fraction of sp³-hybridized carbons (Fsp3) is 0.143. The fourth-order valence-corrected chi connectivity index (χ4v) is 4.53. The Morgan fingerprint density at radius 3 is 2.77 bits per heavy atom. The minimum absolute atomic E-state index is 0.0408. The van der Waals surface area contributed by atoms with Crippen LogP contribution in [0, 0.1) is 21.7 Å². The highest BCUT2D eigenvalue weighted by Crippen LogP contribution is 2.38. The second-order valence-corrected chi connectivity index (χ2v) is 8.59. The van der Waals surface area contributed by atoms with Crippen LogP contribution in [0.5, 0.6) is 11.5 Å². The van der Waals surface area contributed by atoms with Crippen LogP contribution >= 0.6 is 46.0 Å². The molecule has 0 atom stereocenters. The molecule has 0 spiro atoms. The van der Waals surface area contributed by atoms with Crippen LogP contribution in [0.25, 0.3) is 6.08 Å². The second kappa shape index (κ2) is 9.73. The van der Waals surface area contributed by atoms with Gasteiger partial charge in [-0.2, -0.15) is 0 Å². The van der Waals surface area contributed by atoms with Crippen molar-refractivity contribution in [3.63, 3.8) is 0 Å². The van der Waals surface area contributed by atoms with Crippen LogP contribution in [-0.4, -0.2) is 29.8 Å². The zero-order valence-corrected chi connectivity index (χ0v) is 19.3. The van der Waals surface area contributed by atoms with Gasteiger partial charge in [0, 0.05) is 5.02 Å². The molecule has 5 nitrogen and oxygen atoms in total. The van der Waals surface area contributed by atoms with Gasteiger partial charge in [0.2, 0.25) is 0 Å². The maximum absolute atomic E-state index is 13.2. The first-order valence-electron chi connectivity index (χ1n) is 8.47. The number of nitrogens with zero attached hydrogens (tertiary/aromatic N) is 1. The summed E-state index contributed by atoms with van der Waals surface area (Å²) in [5.41, 5.74) is 1.14. The van der Waals surface area contributed by atoms with Gasteiger partial charge in [-0.3, -0.25) is 14.5 Å². The van der Waals surface area contributed by atoms with Gasteiger partial charge < -0.3 is 9.47 Å². The molecule has 1 fully saturated rings. The zero-order valence-electron chi connectivity index (χ0n) is 15.6. The van der Waals surface area contributed by atoms with Crippen LogP contribution in [0.3, 0.4) is 0 Å². The number of terminal acetylenes is 1. The lowest BCUT2D eigenvalue weighted by atomic mass is 10.1. The monoisotopic (exact) mass is 557 g/mol. The average Bonchev–Trinajstić information content (AvgIpc) is 2.96. The van der Waals surface area contributed by atoms with Crippen LogP contribution in [0.1, 0.15) is 11.1 Å². The molecule has 0 aliphatic carbocycles. The Morgan fingerprint density at radius 2 is 2.10 bits per heavy atom. The van der Waals surface area contributed by atoms with Gasteiger partial charge in [-0.15, -0.1) is 6.42 Å². The van der Waals surface area contributed by atoms with E-state index in [0.29, 0.717) is 22.6 Å². The van der Waals surface area contributed by atoms with Gasteiger partial charge in [-0.1, -0.05) is 23.6 Å². The van der Waals surface area contributed by atoms with E-state index in [4.69, 9.17) is 27.5 Å². The minimum Gasteiger partial charge on any atom is -0.493 e. The minimum atomic E-state index is -0.490. The van der Waals surface area contributed by atoms with E-state index in [-0.39, 0.29) is 23.1 Å². The number of benzene rings is 2. The zero-order chi connectivity index (χ0) is 21.8. The highest BCUT2D eigenvalue weighted by molar-refractivity contribution is 14.1. The van der Waals surface area contributed by atoms with Gasteiger partial charge in [0.15, 0.2) is 11.5 Å². The summed E-state index contributed by atoms with van der Waals surface area (Å²) in [6.07, 6.45) is 6.84. The number of amides is 2. The molecule has 1 saturated heterocycles. The molecule has 2 aromatic carbocycles. The molecule has 0 unspecified atom stereocenters. The maximum Gasteiger partial charge on any atom is 0.293 e. The summed E-state index contributed by atoms with van der Waals surface area (Å²) in [5, 5.41) is -0.276. The van der Waals surface area contributed by atoms with Gasteiger partial charge in [0.25, 0.3) is 11.1 Å². The SMILES string of the molecule is C#CCOc1c(I)cc(/C=C2\SC(=O)N(Cc3ccc(F)cc3Cl)C2=O)cc1OC. The van der Waals surface area contributed by atoms with E-state index >= 15 is 0 Å². The Kier molecular flexibility index (Phi) is 7.28. The summed E-state index contributed by atoms with van der Waals surface area (Å²) in [7, 11) is 1.50. The largest absolute Gasteiger partial charge is 0.493 e. The highest BCUT2D eigenvalue weighted by atomic mass is 127. The molecule has 0 radical (unpaired) electrons. The number of rotatable bonds is 6. The predicted octanol–water partition coefficient (Wildman–Crippen LogP) is 5.34. The molecule has 1 aliphatic heterocycles. The topological polar surface area (TPSA) is 55.8 Å². The van der Waals surface area contributed by atoms with Crippen molar-refractivity contribution in [2.24, 2.45) is 0 Å². The van der Waals surface area contributed by atoms with Crippen molar-refractivity contribution in [1.82, 2.24) is 4.90 Å². The number of thioether (sulfide) groups is 1. The molecule has 0 aromatic heterocycles. The molecule has 9 heteroatoms. The number of methoxy groups -OCH3 is 1. The normalized spacial score (nSPS) is 14.9. The van der Waals surface area contributed by atoms with E-state index in [0.717, 1.165) is 26.3 Å². The van der Waals surface area contributed by atoms with Gasteiger partial charge in [-0.25, -0.2) is 4.39 Å². The number of imide groups is 1. The van der Waals surface area contributed by atoms with Crippen molar-refractivity contribution in [3.8, 4) is 23.8 Å². The third-order valence-corrected chi connectivity index (χ3v) is 6.13. The van der Waals surface area contributed by atoms with E-state index in [1.807, 2.05) is 0 Å². The van der Waals surface area contributed by atoms with Crippen molar-refractivity contribution in [1.29, 1.82) is 0 Å². The van der Waals surface area contributed by atoms with Gasteiger partial charge in [-0.05, 0) is 75.8 Å². The van der Waals surface area contributed by atoms with E-state index in [9.17, 15) is 14.0 Å². The van der Waals surface area contributed by atoms with E-state index in [1.165, 1.54) is 19.2 Å². The van der Waals surface area contributed by atoms with Crippen molar-refractivity contribution >= 4 is 63.2 Å². The maximum atomic E-state index is 13.2. The molecule has 154 valence electrons. The van der Waals surface area contributed by atoms with Crippen LogP contribution in [0.4, 0.5) is 9.18 Å². The lowest BCUT2D eigenvalue weighted by Gasteiger charge is -2.13. The highest BCUT2D eigenvalue weighted by Gasteiger charge is 2.35. The number of hydrogen-bond acceptors (Lipinski definition) is 5. The molecule has 0 bridgehead atoms. The Bertz CT molecular complexity index is 1100. The molecule has 30 heavy (non-hydrogen) atoms. The van der Waals surface area contributed by atoms with Gasteiger partial charge >= 0.3 is 0 Å².